The lowest BCUT2D eigenvalue weighted by atomic mass is 10.2. The lowest BCUT2D eigenvalue weighted by molar-refractivity contribution is -0.118. The second-order valence-corrected chi connectivity index (χ2v) is 7.97. The number of carbonyl (C=O) groups excluding carboxylic acids is 1. The van der Waals surface area contributed by atoms with Gasteiger partial charge in [-0.25, -0.2) is 0 Å². The van der Waals surface area contributed by atoms with Crippen molar-refractivity contribution in [3.8, 4) is 0 Å². The number of hydrogen-bond acceptors (Lipinski definition) is 8. The van der Waals surface area contributed by atoms with Gasteiger partial charge >= 0.3 is 0 Å². The van der Waals surface area contributed by atoms with Crippen molar-refractivity contribution in [3.05, 3.63) is 30.3 Å². The van der Waals surface area contributed by atoms with E-state index in [2.05, 4.69) is 49.6 Å². The molecular weight excluding hydrogens is 370 g/mol. The second kappa shape index (κ2) is 9.75. The van der Waals surface area contributed by atoms with E-state index in [9.17, 15) is 4.79 Å². The van der Waals surface area contributed by atoms with Gasteiger partial charge in [-0.2, -0.15) is 0 Å². The number of piperazine rings is 1. The Labute approximate surface area is 161 Å². The number of para-hydroxylation sites is 1. The monoisotopic (exact) mass is 393 g/mol. The molecule has 1 aromatic heterocycles. The Morgan fingerprint density at radius 3 is 2.65 bits per heavy atom. The number of rotatable bonds is 8. The number of hydrogen-bond donors (Lipinski definition) is 1. The molecule has 0 radical (unpaired) electrons. The molecule has 0 aliphatic carbocycles. The summed E-state index contributed by atoms with van der Waals surface area (Å²) in [5.74, 6) is 0.334. The molecule has 0 atom stereocenters. The summed E-state index contributed by atoms with van der Waals surface area (Å²) in [4.78, 5) is 16.4. The molecule has 0 unspecified atom stereocenters. The van der Waals surface area contributed by atoms with Crippen molar-refractivity contribution in [2.75, 3.05) is 62.0 Å². The van der Waals surface area contributed by atoms with E-state index in [0.717, 1.165) is 35.7 Å². The largest absolute Gasteiger partial charge is 0.383 e. The van der Waals surface area contributed by atoms with Gasteiger partial charge < -0.3 is 19.9 Å². The summed E-state index contributed by atoms with van der Waals surface area (Å²) in [5, 5.41) is 12.2. The van der Waals surface area contributed by atoms with Crippen LogP contribution in [-0.4, -0.2) is 68.3 Å². The van der Waals surface area contributed by atoms with Crippen molar-refractivity contribution in [1.82, 2.24) is 15.5 Å². The Balaban J connectivity index is 1.44. The third-order valence-corrected chi connectivity index (χ3v) is 6.14. The van der Waals surface area contributed by atoms with Crippen LogP contribution in [0.25, 0.3) is 0 Å². The molecule has 1 aliphatic heterocycles. The number of nitrogens with one attached hydrogen (secondary N) is 1. The molecule has 1 amide bonds. The second-order valence-electron chi connectivity index (χ2n) is 5.79. The first-order chi connectivity index (χ1) is 12.8. The van der Waals surface area contributed by atoms with Crippen LogP contribution in [-0.2, 0) is 9.53 Å². The number of nitrogens with zero attached hydrogens (tertiary/aromatic N) is 4. The average Bonchev–Trinajstić information content (AvgIpc) is 3.16. The Morgan fingerprint density at radius 1 is 1.19 bits per heavy atom. The number of methoxy groups -OCH3 is 1. The van der Waals surface area contributed by atoms with Crippen LogP contribution in [0.2, 0.25) is 0 Å². The predicted molar refractivity (Wildman–Crippen MR) is 106 cm³/mol. The molecule has 0 bridgehead atoms. The van der Waals surface area contributed by atoms with Gasteiger partial charge in [-0.3, -0.25) is 4.79 Å². The zero-order valence-electron chi connectivity index (χ0n) is 14.8. The zero-order valence-corrected chi connectivity index (χ0v) is 16.4. The molecule has 7 nitrogen and oxygen atoms in total. The first-order valence-electron chi connectivity index (χ1n) is 8.53. The lowest BCUT2D eigenvalue weighted by Crippen LogP contribution is -2.46. The summed E-state index contributed by atoms with van der Waals surface area (Å²) in [7, 11) is 1.61. The zero-order chi connectivity index (χ0) is 18.2. The molecule has 0 saturated carbocycles. The number of carbonyl (C=O) groups is 1. The Kier molecular flexibility index (Phi) is 7.10. The first kappa shape index (κ1) is 18.9. The van der Waals surface area contributed by atoms with Crippen molar-refractivity contribution in [3.63, 3.8) is 0 Å². The Bertz CT molecular complexity index is 689. The number of ether oxygens (including phenoxy) is 1. The van der Waals surface area contributed by atoms with E-state index >= 15 is 0 Å². The van der Waals surface area contributed by atoms with E-state index in [-0.39, 0.29) is 5.91 Å². The molecule has 0 spiro atoms. The molecule has 1 saturated heterocycles. The number of anilines is 2. The molecule has 2 heterocycles. The highest BCUT2D eigenvalue weighted by molar-refractivity contribution is 8.01. The summed E-state index contributed by atoms with van der Waals surface area (Å²) in [6.45, 7) is 4.83. The van der Waals surface area contributed by atoms with Crippen molar-refractivity contribution >= 4 is 39.8 Å². The van der Waals surface area contributed by atoms with Crippen LogP contribution in [0.15, 0.2) is 34.7 Å². The van der Waals surface area contributed by atoms with Crippen molar-refractivity contribution < 1.29 is 9.53 Å². The summed E-state index contributed by atoms with van der Waals surface area (Å²) in [6, 6.07) is 10.5. The maximum absolute atomic E-state index is 11.7. The van der Waals surface area contributed by atoms with Gasteiger partial charge in [0.05, 0.1) is 12.4 Å². The van der Waals surface area contributed by atoms with Gasteiger partial charge in [0, 0.05) is 45.5 Å². The van der Waals surface area contributed by atoms with Gasteiger partial charge in [-0.1, -0.05) is 41.3 Å². The van der Waals surface area contributed by atoms with Gasteiger partial charge in [-0.15, -0.1) is 10.2 Å². The molecule has 1 N–H and O–H groups in total. The summed E-state index contributed by atoms with van der Waals surface area (Å²) in [6.07, 6.45) is 0. The predicted octanol–water partition coefficient (Wildman–Crippen LogP) is 1.72. The van der Waals surface area contributed by atoms with E-state index in [4.69, 9.17) is 4.74 Å². The molecule has 2 aromatic rings. The van der Waals surface area contributed by atoms with Crippen LogP contribution in [0.4, 0.5) is 10.8 Å². The van der Waals surface area contributed by atoms with Crippen molar-refractivity contribution in [1.29, 1.82) is 0 Å². The van der Waals surface area contributed by atoms with E-state index in [1.807, 2.05) is 6.07 Å². The van der Waals surface area contributed by atoms with Crippen LogP contribution in [0.5, 0.6) is 0 Å². The molecule has 1 aliphatic rings. The van der Waals surface area contributed by atoms with Crippen LogP contribution in [0.1, 0.15) is 0 Å². The summed E-state index contributed by atoms with van der Waals surface area (Å²) >= 11 is 2.97. The van der Waals surface area contributed by atoms with Crippen LogP contribution >= 0.6 is 23.1 Å². The minimum atomic E-state index is -0.0136. The van der Waals surface area contributed by atoms with Crippen LogP contribution in [0.3, 0.4) is 0 Å². The fourth-order valence-corrected chi connectivity index (χ4v) is 4.38. The maximum Gasteiger partial charge on any atom is 0.230 e. The smallest absolute Gasteiger partial charge is 0.230 e. The van der Waals surface area contributed by atoms with E-state index < -0.39 is 0 Å². The van der Waals surface area contributed by atoms with E-state index in [0.29, 0.717) is 18.9 Å². The Morgan fingerprint density at radius 2 is 1.92 bits per heavy atom. The topological polar surface area (TPSA) is 70.6 Å². The Hall–Kier alpha value is -1.84. The number of benzene rings is 1. The van der Waals surface area contributed by atoms with Crippen LogP contribution < -0.4 is 15.1 Å². The molecule has 9 heteroatoms. The molecule has 3 rings (SSSR count). The highest BCUT2D eigenvalue weighted by atomic mass is 32.2. The summed E-state index contributed by atoms with van der Waals surface area (Å²) in [5.41, 5.74) is 1.26. The third-order valence-electron chi connectivity index (χ3n) is 4.02. The van der Waals surface area contributed by atoms with Gasteiger partial charge in [0.1, 0.15) is 0 Å². The fourth-order valence-electron chi connectivity index (χ4n) is 2.65. The highest BCUT2D eigenvalue weighted by Gasteiger charge is 2.20. The average molecular weight is 394 g/mol. The van der Waals surface area contributed by atoms with Gasteiger partial charge in [0.25, 0.3) is 0 Å². The molecule has 1 aromatic carbocycles. The lowest BCUT2D eigenvalue weighted by Gasteiger charge is -2.35. The number of thioether (sulfide) groups is 1. The van der Waals surface area contributed by atoms with E-state index in [1.165, 1.54) is 17.4 Å². The highest BCUT2D eigenvalue weighted by Crippen LogP contribution is 2.29. The summed E-state index contributed by atoms with van der Waals surface area (Å²) < 4.78 is 5.74. The maximum atomic E-state index is 11.7. The first-order valence-corrected chi connectivity index (χ1v) is 10.3. The minimum absolute atomic E-state index is 0.0136. The third kappa shape index (κ3) is 5.33. The normalized spacial score (nSPS) is 14.5. The van der Waals surface area contributed by atoms with Gasteiger partial charge in [0.2, 0.25) is 11.0 Å². The molecule has 26 heavy (non-hydrogen) atoms. The minimum Gasteiger partial charge on any atom is -0.383 e. The number of amides is 1. The van der Waals surface area contributed by atoms with Crippen molar-refractivity contribution in [2.45, 2.75) is 4.34 Å². The fraction of sp³-hybridized carbons (Fsp3) is 0.471. The molecule has 1 fully saturated rings. The quantitative estimate of drug-likeness (QED) is 0.541. The molecule has 140 valence electrons. The number of aromatic nitrogens is 2. The van der Waals surface area contributed by atoms with Gasteiger partial charge in [-0.05, 0) is 12.1 Å². The van der Waals surface area contributed by atoms with E-state index in [1.54, 1.807) is 18.4 Å². The SMILES string of the molecule is COCCNC(=O)CSc1nnc(N2CCN(c3ccccc3)CC2)s1. The van der Waals surface area contributed by atoms with Crippen molar-refractivity contribution in [2.24, 2.45) is 0 Å². The van der Waals surface area contributed by atoms with Gasteiger partial charge in [0.15, 0.2) is 4.34 Å². The van der Waals surface area contributed by atoms with Crippen LogP contribution in [0, 0.1) is 0 Å². The molecular formula is C17H23N5O2S2. The standard InChI is InChI=1S/C17H23N5O2S2/c1-24-12-7-18-15(23)13-25-17-20-19-16(26-17)22-10-8-21(9-11-22)14-5-3-2-4-6-14/h2-6H,7-13H2,1H3,(H,18,23).